The molecule has 29 heavy (non-hydrogen) atoms. The van der Waals surface area contributed by atoms with Crippen LogP contribution in [0.2, 0.25) is 5.02 Å². The zero-order chi connectivity index (χ0) is 20.6. The Morgan fingerprint density at radius 3 is 2.48 bits per heavy atom. The minimum atomic E-state index is -3.99. The van der Waals surface area contributed by atoms with Crippen LogP contribution in [-0.2, 0) is 9.84 Å². The molecule has 0 aliphatic carbocycles. The third kappa shape index (κ3) is 4.03. The van der Waals surface area contributed by atoms with E-state index < -0.39 is 9.84 Å². The summed E-state index contributed by atoms with van der Waals surface area (Å²) in [5.41, 5.74) is 0.547. The minimum Gasteiger partial charge on any atom is -0.337 e. The number of carbonyl (C=O) groups excluding carboxylic acids is 1. The molecule has 2 heterocycles. The van der Waals surface area contributed by atoms with E-state index in [1.807, 2.05) is 0 Å². The molecule has 1 aromatic heterocycles. The van der Waals surface area contributed by atoms with Gasteiger partial charge >= 0.3 is 0 Å². The summed E-state index contributed by atoms with van der Waals surface area (Å²) in [6.45, 7) is 1.16. The summed E-state index contributed by atoms with van der Waals surface area (Å²) in [5.74, 6) is 1.33. The van der Waals surface area contributed by atoms with E-state index in [-0.39, 0.29) is 21.3 Å². The van der Waals surface area contributed by atoms with Crippen molar-refractivity contribution in [3.05, 3.63) is 63.7 Å². The normalized spacial score (nSPS) is 14.9. The molecular weight excluding hydrogens is 496 g/mol. The Labute approximate surface area is 186 Å². The van der Waals surface area contributed by atoms with Crippen LogP contribution in [0.5, 0.6) is 0 Å². The van der Waals surface area contributed by atoms with Gasteiger partial charge < -0.3 is 4.90 Å². The second-order valence-electron chi connectivity index (χ2n) is 6.52. The van der Waals surface area contributed by atoms with Gasteiger partial charge in [-0.2, -0.15) is 11.8 Å². The summed E-state index contributed by atoms with van der Waals surface area (Å²) < 4.78 is 28.0. The maximum Gasteiger partial charge on any atom is 0.256 e. The molecule has 0 bridgehead atoms. The molecule has 1 aliphatic heterocycles. The molecule has 1 fully saturated rings. The van der Waals surface area contributed by atoms with Gasteiger partial charge in [0.25, 0.3) is 5.91 Å². The first-order chi connectivity index (χ1) is 13.9. The highest BCUT2D eigenvalue weighted by atomic mass is 79.9. The number of hydrogen-bond acceptors (Lipinski definition) is 5. The topological polar surface area (TPSA) is 67.3 Å². The summed E-state index contributed by atoms with van der Waals surface area (Å²) in [6.07, 6.45) is 1.37. The summed E-state index contributed by atoms with van der Waals surface area (Å²) >= 11 is 11.3. The van der Waals surface area contributed by atoms with Crippen molar-refractivity contribution in [3.63, 3.8) is 0 Å². The minimum absolute atomic E-state index is 0.0458. The first-order valence-corrected chi connectivity index (χ1v) is 12.6. The van der Waals surface area contributed by atoms with E-state index in [1.165, 1.54) is 18.3 Å². The molecule has 0 spiro atoms. The van der Waals surface area contributed by atoms with E-state index >= 15 is 0 Å². The van der Waals surface area contributed by atoms with E-state index in [9.17, 15) is 13.2 Å². The first-order valence-electron chi connectivity index (χ1n) is 8.84. The van der Waals surface area contributed by atoms with Crippen molar-refractivity contribution in [1.29, 1.82) is 0 Å². The quantitative estimate of drug-likeness (QED) is 0.511. The molecule has 0 saturated carbocycles. The lowest BCUT2D eigenvalue weighted by Crippen LogP contribution is -2.38. The number of halogens is 2. The highest BCUT2D eigenvalue weighted by molar-refractivity contribution is 9.10. The van der Waals surface area contributed by atoms with Gasteiger partial charge in [0, 0.05) is 45.7 Å². The summed E-state index contributed by atoms with van der Waals surface area (Å²) in [6, 6.07) is 11.2. The number of nitrogens with zero attached hydrogens (tertiary/aromatic N) is 2. The molecule has 150 valence electrons. The zero-order valence-corrected chi connectivity index (χ0v) is 19.1. The third-order valence-corrected chi connectivity index (χ3v) is 8.28. The molecule has 1 saturated heterocycles. The second kappa shape index (κ2) is 8.26. The van der Waals surface area contributed by atoms with Gasteiger partial charge in [-0.25, -0.2) is 8.42 Å². The standard InChI is InChI=1S/C20H16BrClN2O3S2/c21-13-1-4-15(5-2-13)29(26,27)19-16-11-14(22)3-6-18(16)23-12-17(19)20(25)24-7-9-28-10-8-24/h1-6,11-12H,7-10H2. The SMILES string of the molecule is O=C(c1cnc2ccc(Cl)cc2c1S(=O)(=O)c1ccc(Br)cc1)N1CCSCC1. The molecule has 0 radical (unpaired) electrons. The van der Waals surface area contributed by atoms with Crippen molar-refractivity contribution in [3.8, 4) is 0 Å². The molecule has 0 atom stereocenters. The molecule has 0 N–H and O–H groups in total. The van der Waals surface area contributed by atoms with Crippen molar-refractivity contribution < 1.29 is 13.2 Å². The Hall–Kier alpha value is -1.61. The highest BCUT2D eigenvalue weighted by Gasteiger charge is 2.30. The van der Waals surface area contributed by atoms with Crippen molar-refractivity contribution in [1.82, 2.24) is 9.88 Å². The maximum atomic E-state index is 13.6. The van der Waals surface area contributed by atoms with Gasteiger partial charge in [-0.1, -0.05) is 27.5 Å². The first kappa shape index (κ1) is 20.7. The Kier molecular flexibility index (Phi) is 5.88. The molecule has 9 heteroatoms. The van der Waals surface area contributed by atoms with Crippen LogP contribution in [0.4, 0.5) is 0 Å². The Morgan fingerprint density at radius 2 is 1.79 bits per heavy atom. The number of pyridine rings is 1. The van der Waals surface area contributed by atoms with Crippen LogP contribution in [0, 0.1) is 0 Å². The van der Waals surface area contributed by atoms with Crippen molar-refractivity contribution >= 4 is 65.9 Å². The molecular formula is C20H16BrClN2O3S2. The van der Waals surface area contributed by atoms with Crippen molar-refractivity contribution in [2.45, 2.75) is 9.79 Å². The van der Waals surface area contributed by atoms with E-state index in [4.69, 9.17) is 11.6 Å². The fourth-order valence-electron chi connectivity index (χ4n) is 3.25. The van der Waals surface area contributed by atoms with Crippen LogP contribution in [0.3, 0.4) is 0 Å². The molecule has 3 aromatic rings. The van der Waals surface area contributed by atoms with E-state index in [0.717, 1.165) is 16.0 Å². The van der Waals surface area contributed by atoms with Crippen LogP contribution < -0.4 is 0 Å². The van der Waals surface area contributed by atoms with E-state index in [1.54, 1.807) is 47.0 Å². The lowest BCUT2D eigenvalue weighted by molar-refractivity contribution is 0.0768. The molecule has 5 nitrogen and oxygen atoms in total. The molecule has 4 rings (SSSR count). The Morgan fingerprint density at radius 1 is 1.10 bits per heavy atom. The van der Waals surface area contributed by atoms with Gasteiger partial charge in [-0.15, -0.1) is 0 Å². The van der Waals surface area contributed by atoms with Crippen LogP contribution in [0.15, 0.2) is 62.9 Å². The number of thioether (sulfide) groups is 1. The number of carbonyl (C=O) groups is 1. The fraction of sp³-hybridized carbons (Fsp3) is 0.200. The van der Waals surface area contributed by atoms with Crippen LogP contribution in [0.1, 0.15) is 10.4 Å². The number of benzene rings is 2. The molecule has 1 aliphatic rings. The summed E-state index contributed by atoms with van der Waals surface area (Å²) in [7, 11) is -3.99. The van der Waals surface area contributed by atoms with E-state index in [2.05, 4.69) is 20.9 Å². The Bertz CT molecular complexity index is 1190. The lowest BCUT2D eigenvalue weighted by atomic mass is 10.1. The van der Waals surface area contributed by atoms with Gasteiger partial charge in [-0.05, 0) is 42.5 Å². The zero-order valence-electron chi connectivity index (χ0n) is 15.1. The number of hydrogen-bond donors (Lipinski definition) is 0. The number of sulfone groups is 1. The predicted octanol–water partition coefficient (Wildman–Crippen LogP) is 4.67. The van der Waals surface area contributed by atoms with Crippen molar-refractivity contribution in [2.24, 2.45) is 0 Å². The number of fused-ring (bicyclic) bond motifs is 1. The molecule has 2 aromatic carbocycles. The van der Waals surface area contributed by atoms with Crippen LogP contribution in [0.25, 0.3) is 10.9 Å². The van der Waals surface area contributed by atoms with Crippen LogP contribution in [-0.4, -0.2) is 48.8 Å². The smallest absolute Gasteiger partial charge is 0.256 e. The lowest BCUT2D eigenvalue weighted by Gasteiger charge is -2.27. The maximum absolute atomic E-state index is 13.6. The van der Waals surface area contributed by atoms with Gasteiger partial charge in [0.05, 0.1) is 20.9 Å². The summed E-state index contributed by atoms with van der Waals surface area (Å²) in [5, 5.41) is 0.725. The van der Waals surface area contributed by atoms with Crippen LogP contribution >= 0.6 is 39.3 Å². The second-order valence-corrected chi connectivity index (χ2v) is 11.0. The molecule has 1 amide bonds. The predicted molar refractivity (Wildman–Crippen MR) is 120 cm³/mol. The van der Waals surface area contributed by atoms with Gasteiger partial charge in [0.1, 0.15) is 0 Å². The average molecular weight is 512 g/mol. The van der Waals surface area contributed by atoms with E-state index in [0.29, 0.717) is 29.0 Å². The van der Waals surface area contributed by atoms with Gasteiger partial charge in [-0.3, -0.25) is 9.78 Å². The third-order valence-electron chi connectivity index (χ3n) is 4.70. The van der Waals surface area contributed by atoms with Gasteiger partial charge in [0.15, 0.2) is 0 Å². The van der Waals surface area contributed by atoms with Gasteiger partial charge in [0.2, 0.25) is 9.84 Å². The highest BCUT2D eigenvalue weighted by Crippen LogP contribution is 2.33. The molecule has 0 unspecified atom stereocenters. The fourth-order valence-corrected chi connectivity index (χ4v) is 6.20. The monoisotopic (exact) mass is 510 g/mol. The number of rotatable bonds is 3. The Balaban J connectivity index is 1.97. The largest absolute Gasteiger partial charge is 0.337 e. The average Bonchev–Trinajstić information content (AvgIpc) is 2.73. The number of amides is 1. The summed E-state index contributed by atoms with van der Waals surface area (Å²) in [4.78, 5) is 19.3. The van der Waals surface area contributed by atoms with Crippen molar-refractivity contribution in [2.75, 3.05) is 24.6 Å². The number of aromatic nitrogens is 1.